The molecule has 0 aliphatic heterocycles. The summed E-state index contributed by atoms with van der Waals surface area (Å²) in [5.41, 5.74) is 1.69. The third kappa shape index (κ3) is 5.37. The van der Waals surface area contributed by atoms with Crippen LogP contribution in [-0.2, 0) is 9.84 Å². The fourth-order valence-corrected chi connectivity index (χ4v) is 4.37. The van der Waals surface area contributed by atoms with Gasteiger partial charge in [-0.1, -0.05) is 6.07 Å². The van der Waals surface area contributed by atoms with Crippen molar-refractivity contribution in [2.24, 2.45) is 0 Å². The molecule has 0 atom stereocenters. The summed E-state index contributed by atoms with van der Waals surface area (Å²) in [6, 6.07) is 11.8. The second-order valence-corrected chi connectivity index (χ2v) is 10.6. The number of benzene rings is 1. The van der Waals surface area contributed by atoms with E-state index < -0.39 is 9.84 Å². The molecule has 10 heteroatoms. The molecule has 0 bridgehead atoms. The molecule has 0 fully saturated rings. The van der Waals surface area contributed by atoms with Gasteiger partial charge in [-0.25, -0.2) is 18.1 Å². The molecule has 0 saturated heterocycles. The lowest BCUT2D eigenvalue weighted by Crippen LogP contribution is -2.29. The highest BCUT2D eigenvalue weighted by molar-refractivity contribution is 7.90. The fourth-order valence-electron chi connectivity index (χ4n) is 3.72. The van der Waals surface area contributed by atoms with Crippen LogP contribution in [0.25, 0.3) is 22.5 Å². The Bertz CT molecular complexity index is 1440. The van der Waals surface area contributed by atoms with Crippen molar-refractivity contribution in [2.75, 3.05) is 26.5 Å². The molecular weight excluding hydrogens is 468 g/mol. The molecule has 0 radical (unpaired) electrons. The summed E-state index contributed by atoms with van der Waals surface area (Å²) in [5.74, 6) is 0.888. The van der Waals surface area contributed by atoms with Gasteiger partial charge < -0.3 is 14.1 Å². The van der Waals surface area contributed by atoms with Crippen LogP contribution in [0, 0.1) is 0 Å². The van der Waals surface area contributed by atoms with Crippen LogP contribution in [-0.4, -0.2) is 60.4 Å². The van der Waals surface area contributed by atoms with E-state index in [2.05, 4.69) is 5.10 Å². The molecule has 0 aliphatic rings. The summed E-state index contributed by atoms with van der Waals surface area (Å²) in [7, 11) is -1.57. The van der Waals surface area contributed by atoms with Crippen molar-refractivity contribution in [2.45, 2.75) is 31.2 Å². The van der Waals surface area contributed by atoms with Crippen LogP contribution in [0.2, 0.25) is 0 Å². The highest BCUT2D eigenvalue weighted by Crippen LogP contribution is 2.27. The number of pyridine rings is 1. The van der Waals surface area contributed by atoms with E-state index in [-0.39, 0.29) is 16.8 Å². The van der Waals surface area contributed by atoms with Gasteiger partial charge >= 0.3 is 0 Å². The Morgan fingerprint density at radius 2 is 2.00 bits per heavy atom. The van der Waals surface area contributed by atoms with E-state index in [1.807, 2.05) is 13.8 Å². The van der Waals surface area contributed by atoms with Gasteiger partial charge in [0, 0.05) is 25.9 Å². The smallest absolute Gasteiger partial charge is 0.254 e. The number of amides is 1. The van der Waals surface area contributed by atoms with Gasteiger partial charge in [-0.2, -0.15) is 5.10 Å². The zero-order valence-electron chi connectivity index (χ0n) is 20.1. The summed E-state index contributed by atoms with van der Waals surface area (Å²) in [6.45, 7) is 4.79. The van der Waals surface area contributed by atoms with E-state index in [1.54, 1.807) is 59.4 Å². The summed E-state index contributed by atoms with van der Waals surface area (Å²) < 4.78 is 36.5. The van der Waals surface area contributed by atoms with Crippen molar-refractivity contribution in [3.8, 4) is 17.2 Å². The number of ether oxygens (including phenoxy) is 1. The lowest BCUT2D eigenvalue weighted by Gasteiger charge is -2.18. The number of fused-ring (bicyclic) bond motifs is 1. The normalized spacial score (nSPS) is 11.8. The summed E-state index contributed by atoms with van der Waals surface area (Å²) >= 11 is 0. The first-order valence-electron chi connectivity index (χ1n) is 11.3. The second-order valence-electron chi connectivity index (χ2n) is 8.63. The SMILES string of the molecule is CC(C)n1ncc2c(C(=O)N(C)CCCOc3cccc(S(C)(=O)=O)c3)cc(-c3ccco3)nc21. The van der Waals surface area contributed by atoms with Gasteiger partial charge in [0.1, 0.15) is 11.4 Å². The van der Waals surface area contributed by atoms with Gasteiger partial charge in [-0.05, 0) is 56.7 Å². The minimum Gasteiger partial charge on any atom is -0.493 e. The van der Waals surface area contributed by atoms with Gasteiger partial charge in [-0.3, -0.25) is 4.79 Å². The summed E-state index contributed by atoms with van der Waals surface area (Å²) in [6.07, 6.45) is 4.97. The van der Waals surface area contributed by atoms with E-state index in [9.17, 15) is 13.2 Å². The molecule has 1 amide bonds. The number of aromatic nitrogens is 3. The maximum Gasteiger partial charge on any atom is 0.254 e. The standard InChI is InChI=1S/C25H28N4O5S/c1-17(2)29-24-21(16-26-29)20(15-22(27-24)23-10-6-12-34-23)25(30)28(3)11-7-13-33-18-8-5-9-19(14-18)35(4,31)32/h5-6,8-10,12,14-17H,7,11,13H2,1-4H3. The van der Waals surface area contributed by atoms with Crippen LogP contribution in [0.15, 0.2) is 64.2 Å². The first kappa shape index (κ1) is 24.5. The number of hydrogen-bond acceptors (Lipinski definition) is 7. The largest absolute Gasteiger partial charge is 0.493 e. The van der Waals surface area contributed by atoms with Crippen molar-refractivity contribution in [3.63, 3.8) is 0 Å². The molecular formula is C25H28N4O5S. The van der Waals surface area contributed by atoms with Crippen molar-refractivity contribution in [3.05, 3.63) is 60.5 Å². The zero-order chi connectivity index (χ0) is 25.2. The summed E-state index contributed by atoms with van der Waals surface area (Å²) in [5, 5.41) is 5.12. The molecule has 1 aromatic carbocycles. The Morgan fingerprint density at radius 3 is 2.69 bits per heavy atom. The Balaban J connectivity index is 1.49. The van der Waals surface area contributed by atoms with Gasteiger partial charge in [0.25, 0.3) is 5.91 Å². The second kappa shape index (κ2) is 9.91. The molecule has 0 saturated carbocycles. The van der Waals surface area contributed by atoms with Gasteiger partial charge in [0.05, 0.1) is 34.9 Å². The molecule has 184 valence electrons. The fraction of sp³-hybridized carbons (Fsp3) is 0.320. The monoisotopic (exact) mass is 496 g/mol. The molecule has 3 aromatic heterocycles. The van der Waals surface area contributed by atoms with Crippen LogP contribution < -0.4 is 4.74 Å². The highest BCUT2D eigenvalue weighted by atomic mass is 32.2. The number of furan rings is 1. The molecule has 0 unspecified atom stereocenters. The molecule has 0 N–H and O–H groups in total. The third-order valence-electron chi connectivity index (χ3n) is 5.55. The maximum absolute atomic E-state index is 13.4. The zero-order valence-corrected chi connectivity index (χ0v) is 20.9. The van der Waals surface area contributed by atoms with E-state index >= 15 is 0 Å². The van der Waals surface area contributed by atoms with Crippen LogP contribution in [0.5, 0.6) is 5.75 Å². The number of hydrogen-bond donors (Lipinski definition) is 0. The Hall–Kier alpha value is -3.66. The Morgan fingerprint density at radius 1 is 1.20 bits per heavy atom. The highest BCUT2D eigenvalue weighted by Gasteiger charge is 2.21. The predicted octanol–water partition coefficient (Wildman–Crippen LogP) is 4.22. The molecule has 4 rings (SSSR count). The number of carbonyl (C=O) groups is 1. The van der Waals surface area contributed by atoms with Crippen LogP contribution in [0.4, 0.5) is 0 Å². The van der Waals surface area contributed by atoms with Gasteiger partial charge in [-0.15, -0.1) is 0 Å². The Kier molecular flexibility index (Phi) is 6.93. The van der Waals surface area contributed by atoms with Crippen molar-refractivity contribution in [1.82, 2.24) is 19.7 Å². The molecule has 0 spiro atoms. The number of nitrogens with zero attached hydrogens (tertiary/aromatic N) is 4. The first-order valence-corrected chi connectivity index (χ1v) is 13.1. The third-order valence-corrected chi connectivity index (χ3v) is 6.66. The molecule has 0 aliphatic carbocycles. The van der Waals surface area contributed by atoms with Crippen LogP contribution >= 0.6 is 0 Å². The quantitative estimate of drug-likeness (QED) is 0.319. The lowest BCUT2D eigenvalue weighted by atomic mass is 10.1. The topological polar surface area (TPSA) is 108 Å². The van der Waals surface area contributed by atoms with Crippen molar-refractivity contribution < 1.29 is 22.4 Å². The van der Waals surface area contributed by atoms with Crippen LogP contribution in [0.3, 0.4) is 0 Å². The van der Waals surface area contributed by atoms with E-state index in [0.717, 1.165) is 6.26 Å². The van der Waals surface area contributed by atoms with Crippen LogP contribution in [0.1, 0.15) is 36.7 Å². The average Bonchev–Trinajstić information content (AvgIpc) is 3.50. The molecule has 3 heterocycles. The first-order chi connectivity index (χ1) is 16.6. The van der Waals surface area contributed by atoms with E-state index in [0.29, 0.717) is 53.4 Å². The van der Waals surface area contributed by atoms with Gasteiger partial charge in [0.15, 0.2) is 21.2 Å². The maximum atomic E-state index is 13.4. The molecule has 4 aromatic rings. The number of carbonyl (C=O) groups excluding carboxylic acids is 1. The summed E-state index contributed by atoms with van der Waals surface area (Å²) in [4.78, 5) is 19.9. The van der Waals surface area contributed by atoms with Gasteiger partial charge in [0.2, 0.25) is 0 Å². The van der Waals surface area contributed by atoms with E-state index in [4.69, 9.17) is 14.1 Å². The minimum atomic E-state index is -3.30. The average molecular weight is 497 g/mol. The number of rotatable bonds is 9. The van der Waals surface area contributed by atoms with Crippen molar-refractivity contribution >= 4 is 26.8 Å². The van der Waals surface area contributed by atoms with Crippen molar-refractivity contribution in [1.29, 1.82) is 0 Å². The molecule has 9 nitrogen and oxygen atoms in total. The van der Waals surface area contributed by atoms with E-state index in [1.165, 1.54) is 12.1 Å². The molecule has 35 heavy (non-hydrogen) atoms. The Labute approximate surface area is 204 Å². The number of sulfone groups is 1. The lowest BCUT2D eigenvalue weighted by molar-refractivity contribution is 0.0789. The minimum absolute atomic E-state index is 0.0749. The predicted molar refractivity (Wildman–Crippen MR) is 132 cm³/mol.